The molecule has 1 aromatic heterocycles. The Balaban J connectivity index is 2.74. The second-order valence-corrected chi connectivity index (χ2v) is 5.81. The van der Waals surface area contributed by atoms with Crippen LogP contribution in [0, 0.1) is 6.92 Å². The highest BCUT2D eigenvalue weighted by molar-refractivity contribution is 7.10. The molecule has 1 unspecified atom stereocenters. The molecule has 0 spiro atoms. The zero-order valence-electron chi connectivity index (χ0n) is 9.96. The van der Waals surface area contributed by atoms with E-state index < -0.39 is 5.60 Å². The highest BCUT2D eigenvalue weighted by Gasteiger charge is 2.24. The number of hydrogen-bond acceptors (Lipinski definition) is 3. The van der Waals surface area contributed by atoms with Crippen LogP contribution in [0.25, 0.3) is 0 Å². The van der Waals surface area contributed by atoms with Crippen LogP contribution in [0.1, 0.15) is 44.1 Å². The number of rotatable bonds is 2. The maximum atomic E-state index is 11.8. The van der Waals surface area contributed by atoms with E-state index in [0.717, 1.165) is 5.56 Å². The quantitative estimate of drug-likeness (QED) is 0.721. The molecule has 0 aliphatic carbocycles. The monoisotopic (exact) mass is 226 g/mol. The van der Waals surface area contributed by atoms with E-state index in [1.165, 1.54) is 4.88 Å². The van der Waals surface area contributed by atoms with Crippen LogP contribution in [0.4, 0.5) is 0 Å². The summed E-state index contributed by atoms with van der Waals surface area (Å²) in [6.45, 7) is 9.58. The molecule has 0 bridgehead atoms. The van der Waals surface area contributed by atoms with Gasteiger partial charge in [0.15, 0.2) is 0 Å². The molecular formula is C12H18O2S. The summed E-state index contributed by atoms with van der Waals surface area (Å²) < 4.78 is 5.34. The first-order chi connectivity index (χ1) is 6.81. The van der Waals surface area contributed by atoms with Gasteiger partial charge in [-0.2, -0.15) is 0 Å². The van der Waals surface area contributed by atoms with E-state index in [-0.39, 0.29) is 11.9 Å². The molecule has 0 fully saturated rings. The fraction of sp³-hybridized carbons (Fsp3) is 0.583. The average Bonchev–Trinajstić information content (AvgIpc) is 2.47. The van der Waals surface area contributed by atoms with Gasteiger partial charge >= 0.3 is 5.97 Å². The smallest absolute Gasteiger partial charge is 0.313 e. The summed E-state index contributed by atoms with van der Waals surface area (Å²) in [6, 6.07) is 1.99. The lowest BCUT2D eigenvalue weighted by molar-refractivity contribution is -0.156. The molecule has 1 rings (SSSR count). The normalized spacial score (nSPS) is 13.7. The Labute approximate surface area is 95.3 Å². The second kappa shape index (κ2) is 4.35. The van der Waals surface area contributed by atoms with Gasteiger partial charge in [0, 0.05) is 4.88 Å². The SMILES string of the molecule is Cc1sccc1C(C)C(=O)OC(C)(C)C. The van der Waals surface area contributed by atoms with Crippen molar-refractivity contribution in [2.24, 2.45) is 0 Å². The Kier molecular flexibility index (Phi) is 3.55. The predicted octanol–water partition coefficient (Wildman–Crippen LogP) is 3.50. The lowest BCUT2D eigenvalue weighted by Crippen LogP contribution is -2.26. The minimum atomic E-state index is -0.407. The van der Waals surface area contributed by atoms with Crippen molar-refractivity contribution < 1.29 is 9.53 Å². The number of ether oxygens (including phenoxy) is 1. The number of carbonyl (C=O) groups excluding carboxylic acids is 1. The standard InChI is InChI=1S/C12H18O2S/c1-8(10-6-7-15-9(10)2)11(13)14-12(3,4)5/h6-8H,1-5H3. The summed E-state index contributed by atoms with van der Waals surface area (Å²) in [4.78, 5) is 13.0. The lowest BCUT2D eigenvalue weighted by atomic mass is 10.0. The zero-order chi connectivity index (χ0) is 11.6. The number of carbonyl (C=O) groups is 1. The molecular weight excluding hydrogens is 208 g/mol. The molecule has 0 radical (unpaired) electrons. The summed E-state index contributed by atoms with van der Waals surface area (Å²) in [6.07, 6.45) is 0. The van der Waals surface area contributed by atoms with Gasteiger partial charge in [0.25, 0.3) is 0 Å². The molecule has 0 aliphatic rings. The molecule has 0 N–H and O–H groups in total. The number of aryl methyl sites for hydroxylation is 1. The third-order valence-electron chi connectivity index (χ3n) is 2.13. The van der Waals surface area contributed by atoms with Crippen molar-refractivity contribution in [3.05, 3.63) is 21.9 Å². The third kappa shape index (κ3) is 3.34. The van der Waals surface area contributed by atoms with Gasteiger partial charge in [0.05, 0.1) is 5.92 Å². The van der Waals surface area contributed by atoms with Gasteiger partial charge in [0.1, 0.15) is 5.60 Å². The Morgan fingerprint density at radius 1 is 1.47 bits per heavy atom. The fourth-order valence-electron chi connectivity index (χ4n) is 1.36. The molecule has 15 heavy (non-hydrogen) atoms. The van der Waals surface area contributed by atoms with Crippen LogP contribution in [-0.2, 0) is 9.53 Å². The van der Waals surface area contributed by atoms with Gasteiger partial charge in [-0.05, 0) is 51.6 Å². The van der Waals surface area contributed by atoms with E-state index >= 15 is 0 Å². The Bertz CT molecular complexity index is 347. The van der Waals surface area contributed by atoms with Gasteiger partial charge in [-0.25, -0.2) is 0 Å². The minimum absolute atomic E-state index is 0.149. The predicted molar refractivity (Wildman–Crippen MR) is 63.3 cm³/mol. The zero-order valence-corrected chi connectivity index (χ0v) is 10.8. The summed E-state index contributed by atoms with van der Waals surface area (Å²) in [5.41, 5.74) is 0.671. The number of esters is 1. The minimum Gasteiger partial charge on any atom is -0.460 e. The van der Waals surface area contributed by atoms with E-state index in [1.807, 2.05) is 46.1 Å². The molecule has 1 heterocycles. The summed E-state index contributed by atoms with van der Waals surface area (Å²) in [7, 11) is 0. The van der Waals surface area contributed by atoms with Gasteiger partial charge < -0.3 is 4.74 Å². The van der Waals surface area contributed by atoms with Crippen LogP contribution in [-0.4, -0.2) is 11.6 Å². The highest BCUT2D eigenvalue weighted by Crippen LogP contribution is 2.26. The molecule has 0 saturated heterocycles. The molecule has 0 amide bonds. The van der Waals surface area contributed by atoms with Crippen LogP contribution < -0.4 is 0 Å². The fourth-order valence-corrected chi connectivity index (χ4v) is 2.16. The van der Waals surface area contributed by atoms with Crippen molar-refractivity contribution in [1.29, 1.82) is 0 Å². The topological polar surface area (TPSA) is 26.3 Å². The first-order valence-electron chi connectivity index (χ1n) is 5.08. The lowest BCUT2D eigenvalue weighted by Gasteiger charge is -2.22. The highest BCUT2D eigenvalue weighted by atomic mass is 32.1. The van der Waals surface area contributed by atoms with E-state index in [1.54, 1.807) is 11.3 Å². The van der Waals surface area contributed by atoms with Crippen LogP contribution in [0.3, 0.4) is 0 Å². The summed E-state index contributed by atoms with van der Waals surface area (Å²) in [5.74, 6) is -0.320. The van der Waals surface area contributed by atoms with E-state index in [0.29, 0.717) is 0 Å². The van der Waals surface area contributed by atoms with Crippen molar-refractivity contribution in [2.75, 3.05) is 0 Å². The third-order valence-corrected chi connectivity index (χ3v) is 2.99. The van der Waals surface area contributed by atoms with Crippen molar-refractivity contribution in [1.82, 2.24) is 0 Å². The Morgan fingerprint density at radius 2 is 2.07 bits per heavy atom. The van der Waals surface area contributed by atoms with Crippen molar-refractivity contribution in [3.8, 4) is 0 Å². The molecule has 3 heteroatoms. The average molecular weight is 226 g/mol. The maximum Gasteiger partial charge on any atom is 0.313 e. The van der Waals surface area contributed by atoms with Crippen molar-refractivity contribution >= 4 is 17.3 Å². The second-order valence-electron chi connectivity index (χ2n) is 4.69. The Morgan fingerprint density at radius 3 is 2.47 bits per heavy atom. The van der Waals surface area contributed by atoms with E-state index in [4.69, 9.17) is 4.74 Å². The largest absolute Gasteiger partial charge is 0.460 e. The first kappa shape index (κ1) is 12.2. The Hall–Kier alpha value is -0.830. The van der Waals surface area contributed by atoms with Crippen LogP contribution in [0.15, 0.2) is 11.4 Å². The molecule has 84 valence electrons. The maximum absolute atomic E-state index is 11.8. The van der Waals surface area contributed by atoms with E-state index in [9.17, 15) is 4.79 Å². The van der Waals surface area contributed by atoms with Gasteiger partial charge in [-0.15, -0.1) is 11.3 Å². The number of hydrogen-bond donors (Lipinski definition) is 0. The molecule has 2 nitrogen and oxygen atoms in total. The molecule has 0 saturated carbocycles. The molecule has 0 aliphatic heterocycles. The van der Waals surface area contributed by atoms with Crippen molar-refractivity contribution in [2.45, 2.75) is 46.1 Å². The molecule has 0 aromatic carbocycles. The molecule has 1 aromatic rings. The van der Waals surface area contributed by atoms with Crippen LogP contribution >= 0.6 is 11.3 Å². The molecule has 1 atom stereocenters. The van der Waals surface area contributed by atoms with E-state index in [2.05, 4.69) is 0 Å². The first-order valence-corrected chi connectivity index (χ1v) is 5.96. The summed E-state index contributed by atoms with van der Waals surface area (Å²) in [5, 5.41) is 2.01. The number of thiophene rings is 1. The van der Waals surface area contributed by atoms with Gasteiger partial charge in [0.2, 0.25) is 0 Å². The van der Waals surface area contributed by atoms with Crippen molar-refractivity contribution in [3.63, 3.8) is 0 Å². The van der Waals surface area contributed by atoms with Gasteiger partial charge in [-0.3, -0.25) is 4.79 Å². The van der Waals surface area contributed by atoms with Gasteiger partial charge in [-0.1, -0.05) is 0 Å². The van der Waals surface area contributed by atoms with Crippen LogP contribution in [0.5, 0.6) is 0 Å². The van der Waals surface area contributed by atoms with Crippen LogP contribution in [0.2, 0.25) is 0 Å². The summed E-state index contributed by atoms with van der Waals surface area (Å²) >= 11 is 1.66.